The van der Waals surface area contributed by atoms with Crippen molar-refractivity contribution in [2.24, 2.45) is 0 Å². The van der Waals surface area contributed by atoms with Crippen LogP contribution in [0.25, 0.3) is 0 Å². The van der Waals surface area contributed by atoms with Gasteiger partial charge in [0.2, 0.25) is 0 Å². The number of hydrogen-bond donors (Lipinski definition) is 2. The van der Waals surface area contributed by atoms with Gasteiger partial charge in [0, 0.05) is 30.9 Å². The molecular formula is C15H23ClN2O2. The van der Waals surface area contributed by atoms with E-state index < -0.39 is 5.97 Å². The molecule has 0 saturated heterocycles. The highest BCUT2D eigenvalue weighted by molar-refractivity contribution is 6.33. The van der Waals surface area contributed by atoms with Crippen molar-refractivity contribution in [3.8, 4) is 0 Å². The van der Waals surface area contributed by atoms with E-state index in [9.17, 15) is 4.79 Å². The maximum atomic E-state index is 10.9. The predicted octanol–water partition coefficient (Wildman–Crippen LogP) is 3.57. The number of halogens is 1. The summed E-state index contributed by atoms with van der Waals surface area (Å²) in [6.45, 7) is 10.4. The van der Waals surface area contributed by atoms with E-state index in [2.05, 4.69) is 37.9 Å². The van der Waals surface area contributed by atoms with Crippen LogP contribution in [-0.4, -0.2) is 41.1 Å². The zero-order chi connectivity index (χ0) is 15.3. The van der Waals surface area contributed by atoms with Gasteiger partial charge in [0.1, 0.15) is 0 Å². The van der Waals surface area contributed by atoms with Crippen LogP contribution in [0.1, 0.15) is 38.1 Å². The molecule has 112 valence electrons. The number of nitrogens with zero attached hydrogens (tertiary/aromatic N) is 1. The van der Waals surface area contributed by atoms with Gasteiger partial charge < -0.3 is 10.4 Å². The molecule has 4 nitrogen and oxygen atoms in total. The molecule has 0 bridgehead atoms. The Morgan fingerprint density at radius 2 is 1.90 bits per heavy atom. The fourth-order valence-corrected chi connectivity index (χ4v) is 2.50. The van der Waals surface area contributed by atoms with E-state index in [1.807, 2.05) is 0 Å². The minimum Gasteiger partial charge on any atom is -0.478 e. The lowest BCUT2D eigenvalue weighted by Gasteiger charge is -2.30. The van der Waals surface area contributed by atoms with E-state index in [4.69, 9.17) is 16.7 Å². The summed E-state index contributed by atoms with van der Waals surface area (Å²) in [5, 5.41) is 12.4. The highest BCUT2D eigenvalue weighted by Crippen LogP contribution is 2.20. The summed E-state index contributed by atoms with van der Waals surface area (Å²) >= 11 is 5.94. The van der Waals surface area contributed by atoms with Crippen LogP contribution < -0.4 is 5.32 Å². The normalized spacial score (nSPS) is 11.4. The van der Waals surface area contributed by atoms with Crippen LogP contribution in [-0.2, 0) is 0 Å². The number of aromatic carboxylic acids is 1. The topological polar surface area (TPSA) is 52.6 Å². The first kappa shape index (κ1) is 16.8. The summed E-state index contributed by atoms with van der Waals surface area (Å²) in [5.41, 5.74) is 0.968. The Labute approximate surface area is 125 Å². The van der Waals surface area contributed by atoms with Gasteiger partial charge in [-0.2, -0.15) is 0 Å². The zero-order valence-electron chi connectivity index (χ0n) is 12.5. The van der Waals surface area contributed by atoms with Crippen molar-refractivity contribution in [2.75, 3.05) is 18.4 Å². The van der Waals surface area contributed by atoms with Gasteiger partial charge in [-0.25, -0.2) is 4.79 Å². The van der Waals surface area contributed by atoms with E-state index in [-0.39, 0.29) is 10.6 Å². The van der Waals surface area contributed by atoms with Crippen molar-refractivity contribution in [1.82, 2.24) is 4.90 Å². The van der Waals surface area contributed by atoms with Crippen molar-refractivity contribution in [2.45, 2.75) is 39.8 Å². The number of carboxylic acids is 1. The second-order valence-electron chi connectivity index (χ2n) is 5.35. The van der Waals surface area contributed by atoms with E-state index in [1.165, 1.54) is 6.07 Å². The van der Waals surface area contributed by atoms with E-state index in [0.29, 0.717) is 12.1 Å². The molecule has 0 saturated carbocycles. The molecule has 0 fully saturated rings. The third-order valence-corrected chi connectivity index (χ3v) is 3.54. The molecule has 0 atom stereocenters. The Hall–Kier alpha value is -1.26. The molecule has 0 aliphatic carbocycles. The van der Waals surface area contributed by atoms with E-state index in [1.54, 1.807) is 12.1 Å². The summed E-state index contributed by atoms with van der Waals surface area (Å²) in [5.74, 6) is -1.01. The van der Waals surface area contributed by atoms with Crippen LogP contribution in [0.15, 0.2) is 18.2 Å². The van der Waals surface area contributed by atoms with Crippen LogP contribution in [0.3, 0.4) is 0 Å². The van der Waals surface area contributed by atoms with Gasteiger partial charge in [-0.1, -0.05) is 11.6 Å². The first-order valence-corrected chi connectivity index (χ1v) is 7.23. The number of anilines is 1. The summed E-state index contributed by atoms with van der Waals surface area (Å²) in [6.07, 6.45) is 0. The largest absolute Gasteiger partial charge is 0.478 e. The molecule has 0 heterocycles. The van der Waals surface area contributed by atoms with Gasteiger partial charge in [0.25, 0.3) is 0 Å². The smallest absolute Gasteiger partial charge is 0.337 e. The number of nitrogens with one attached hydrogen (secondary N) is 1. The van der Waals surface area contributed by atoms with Gasteiger partial charge in [-0.05, 0) is 45.9 Å². The van der Waals surface area contributed by atoms with Gasteiger partial charge in [0.05, 0.1) is 10.6 Å². The molecule has 5 heteroatoms. The lowest BCUT2D eigenvalue weighted by molar-refractivity contribution is 0.0697. The summed E-state index contributed by atoms with van der Waals surface area (Å²) in [7, 11) is 0. The Bertz CT molecular complexity index is 453. The van der Waals surface area contributed by atoms with Crippen molar-refractivity contribution in [3.63, 3.8) is 0 Å². The molecule has 2 N–H and O–H groups in total. The fourth-order valence-electron chi connectivity index (χ4n) is 2.24. The van der Waals surface area contributed by atoms with Gasteiger partial charge in [0.15, 0.2) is 0 Å². The number of benzene rings is 1. The Kier molecular flexibility index (Phi) is 6.30. The molecule has 1 rings (SSSR count). The van der Waals surface area contributed by atoms with Gasteiger partial charge in [-0.15, -0.1) is 0 Å². The third kappa shape index (κ3) is 4.69. The predicted molar refractivity (Wildman–Crippen MR) is 83.9 cm³/mol. The van der Waals surface area contributed by atoms with E-state index >= 15 is 0 Å². The highest BCUT2D eigenvalue weighted by Gasteiger charge is 2.13. The lowest BCUT2D eigenvalue weighted by atomic mass is 10.2. The Balaban J connectivity index is 2.58. The van der Waals surface area contributed by atoms with E-state index in [0.717, 1.165) is 18.8 Å². The molecule has 1 aromatic carbocycles. The Morgan fingerprint density at radius 1 is 1.30 bits per heavy atom. The van der Waals surface area contributed by atoms with Crippen LogP contribution in [0.5, 0.6) is 0 Å². The van der Waals surface area contributed by atoms with Gasteiger partial charge in [-0.3, -0.25) is 4.90 Å². The minimum absolute atomic E-state index is 0.128. The monoisotopic (exact) mass is 298 g/mol. The number of rotatable bonds is 7. The molecule has 0 amide bonds. The molecular weight excluding hydrogens is 276 g/mol. The van der Waals surface area contributed by atoms with Crippen molar-refractivity contribution in [3.05, 3.63) is 28.8 Å². The molecule has 0 radical (unpaired) electrons. The van der Waals surface area contributed by atoms with Crippen LogP contribution in [0.4, 0.5) is 5.69 Å². The number of carboxylic acid groups (broad SMARTS) is 1. The highest BCUT2D eigenvalue weighted by atomic mass is 35.5. The molecule has 0 spiro atoms. The molecule has 0 aliphatic heterocycles. The standard InChI is InChI=1S/C15H23ClN2O2/c1-10(2)18(11(3)4)8-7-17-12-5-6-13(15(19)20)14(16)9-12/h5-6,9-11,17H,7-8H2,1-4H3,(H,19,20). The van der Waals surface area contributed by atoms with Crippen LogP contribution >= 0.6 is 11.6 Å². The van der Waals surface area contributed by atoms with Crippen LogP contribution in [0, 0.1) is 0 Å². The fraction of sp³-hybridized carbons (Fsp3) is 0.533. The second kappa shape index (κ2) is 7.50. The number of hydrogen-bond acceptors (Lipinski definition) is 3. The summed E-state index contributed by atoms with van der Waals surface area (Å²) in [6, 6.07) is 5.91. The third-order valence-electron chi connectivity index (χ3n) is 3.23. The average Bonchev–Trinajstić information content (AvgIpc) is 2.33. The maximum absolute atomic E-state index is 10.9. The SMILES string of the molecule is CC(C)N(CCNc1ccc(C(=O)O)c(Cl)c1)C(C)C. The quantitative estimate of drug-likeness (QED) is 0.808. The minimum atomic E-state index is -1.01. The first-order chi connectivity index (χ1) is 9.32. The lowest BCUT2D eigenvalue weighted by Crippen LogP contribution is -2.40. The van der Waals surface area contributed by atoms with Crippen molar-refractivity contribution in [1.29, 1.82) is 0 Å². The first-order valence-electron chi connectivity index (χ1n) is 6.85. The molecule has 20 heavy (non-hydrogen) atoms. The van der Waals surface area contributed by atoms with Crippen molar-refractivity contribution >= 4 is 23.3 Å². The molecule has 0 aliphatic rings. The zero-order valence-corrected chi connectivity index (χ0v) is 13.2. The maximum Gasteiger partial charge on any atom is 0.337 e. The number of carbonyl (C=O) groups is 1. The average molecular weight is 299 g/mol. The molecule has 1 aromatic rings. The van der Waals surface area contributed by atoms with Crippen LogP contribution in [0.2, 0.25) is 5.02 Å². The molecule has 0 aromatic heterocycles. The Morgan fingerprint density at radius 3 is 2.35 bits per heavy atom. The van der Waals surface area contributed by atoms with Gasteiger partial charge >= 0.3 is 5.97 Å². The summed E-state index contributed by atoms with van der Waals surface area (Å²) in [4.78, 5) is 13.3. The molecule has 0 unspecified atom stereocenters. The summed E-state index contributed by atoms with van der Waals surface area (Å²) < 4.78 is 0. The second-order valence-corrected chi connectivity index (χ2v) is 5.76. The van der Waals surface area contributed by atoms with Crippen molar-refractivity contribution < 1.29 is 9.90 Å².